The van der Waals surface area contributed by atoms with Crippen LogP contribution in [0.4, 0.5) is 11.9 Å². The van der Waals surface area contributed by atoms with Crippen molar-refractivity contribution >= 4 is 29.5 Å². The van der Waals surface area contributed by atoms with E-state index < -0.39 is 0 Å². The Kier molecular flexibility index (Phi) is 35.0. The number of amides is 2. The van der Waals surface area contributed by atoms with E-state index in [-0.39, 0.29) is 17.6 Å². The molecule has 17 nitrogen and oxygen atoms in total. The molecule has 17 heteroatoms. The summed E-state index contributed by atoms with van der Waals surface area (Å²) in [5.41, 5.74) is 21.0. The van der Waals surface area contributed by atoms with Gasteiger partial charge in [-0.15, -0.1) is 10.2 Å². The van der Waals surface area contributed by atoms with Crippen LogP contribution in [-0.2, 0) is 50.0 Å². The molecule has 4 aromatic heterocycles. The molecular weight excluding hydrogens is 1020 g/mol. The highest BCUT2D eigenvalue weighted by molar-refractivity contribution is 5.95. The van der Waals surface area contributed by atoms with E-state index in [2.05, 4.69) is 96.2 Å². The van der Waals surface area contributed by atoms with Crippen molar-refractivity contribution in [2.24, 2.45) is 0 Å². The number of rotatable bonds is 30. The van der Waals surface area contributed by atoms with Crippen molar-refractivity contribution in [3.63, 3.8) is 0 Å². The number of aryl methyl sites for hydroxylation is 5. The molecule has 0 aliphatic heterocycles. The summed E-state index contributed by atoms with van der Waals surface area (Å²) in [6.07, 6.45) is 33.4. The number of carbonyl (C=O) groups excluding carboxylic acids is 3. The molecule has 0 radical (unpaired) electrons. The summed E-state index contributed by atoms with van der Waals surface area (Å²) in [5.74, 6) is 0.943. The maximum absolute atomic E-state index is 12.4. The van der Waals surface area contributed by atoms with Gasteiger partial charge in [0.15, 0.2) is 17.7 Å². The molecule has 7 aromatic rings. The maximum atomic E-state index is 12.4. The zero-order valence-corrected chi connectivity index (χ0v) is 50.6. The number of allylic oxidation sites excluding steroid dienone is 4. The molecule has 0 bridgehead atoms. The largest absolute Gasteiger partial charge is 0.369 e. The van der Waals surface area contributed by atoms with Crippen molar-refractivity contribution in [3.05, 3.63) is 167 Å². The first-order valence-corrected chi connectivity index (χ1v) is 29.9. The molecular formula is C65H96N14O3. The zero-order chi connectivity index (χ0) is 59.6. The van der Waals surface area contributed by atoms with Crippen LogP contribution in [0.25, 0.3) is 11.1 Å². The van der Waals surface area contributed by atoms with Gasteiger partial charge in [-0.3, -0.25) is 23.7 Å². The number of H-pyrrole nitrogens is 2. The lowest BCUT2D eigenvalue weighted by molar-refractivity contribution is -0.113. The lowest BCUT2D eigenvalue weighted by Crippen LogP contribution is -2.27. The SMILES string of the molecule is C/C=C/C=C(\C)C(C)=O.CC.CCCC.CCCCCCCc1ccc(C(=O)NCCn2cc(CCCCCc3cnc(N)[nH]3)nn2)cc1.Nc1ncc(CCCCCc2cn(CCNC(=O)c3ccc(-c4ccccc4)cc3)nn2)[nH]1. The molecule has 4 heterocycles. The minimum absolute atomic E-state index is 0.0474. The van der Waals surface area contributed by atoms with Crippen LogP contribution in [0.1, 0.15) is 188 Å². The number of carbonyl (C=O) groups is 3. The number of ketones is 1. The number of nitrogens with one attached hydrogen (secondary N) is 4. The number of unbranched alkanes of at least 4 members (excludes halogenated alkanes) is 9. The van der Waals surface area contributed by atoms with Gasteiger partial charge >= 0.3 is 0 Å². The number of nitrogens with zero attached hydrogens (tertiary/aromatic N) is 8. The fourth-order valence-electron chi connectivity index (χ4n) is 8.06. The van der Waals surface area contributed by atoms with Gasteiger partial charge in [-0.25, -0.2) is 9.97 Å². The summed E-state index contributed by atoms with van der Waals surface area (Å²) in [5, 5.41) is 22.8. The predicted octanol–water partition coefficient (Wildman–Crippen LogP) is 13.0. The molecule has 0 atom stereocenters. The van der Waals surface area contributed by atoms with Crippen LogP contribution < -0.4 is 22.1 Å². The van der Waals surface area contributed by atoms with Gasteiger partial charge in [0.05, 0.1) is 36.9 Å². The number of hydrogen-bond acceptors (Lipinski definition) is 11. The maximum Gasteiger partial charge on any atom is 0.251 e. The Balaban J connectivity index is 0.000000346. The number of Topliss-reactive ketones (excluding diaryl/α,β-unsaturated/α-hetero) is 1. The van der Waals surface area contributed by atoms with Gasteiger partial charge in [0.25, 0.3) is 11.8 Å². The number of aromatic amines is 2. The van der Waals surface area contributed by atoms with Gasteiger partial charge in [-0.05, 0) is 132 Å². The topological polar surface area (TPSA) is 246 Å². The van der Waals surface area contributed by atoms with E-state index >= 15 is 0 Å². The molecule has 3 aromatic carbocycles. The Morgan fingerprint density at radius 1 is 0.549 bits per heavy atom. The number of nitrogens with two attached hydrogens (primary N) is 2. The molecule has 0 unspecified atom stereocenters. The van der Waals surface area contributed by atoms with Crippen molar-refractivity contribution in [3.8, 4) is 11.1 Å². The number of nitrogen functional groups attached to an aromatic ring is 2. The molecule has 0 aliphatic carbocycles. The molecule has 444 valence electrons. The van der Waals surface area contributed by atoms with E-state index in [1.54, 1.807) is 28.7 Å². The molecule has 0 fully saturated rings. The monoisotopic (exact) mass is 1120 g/mol. The molecule has 7 rings (SSSR count). The summed E-state index contributed by atoms with van der Waals surface area (Å²) in [7, 11) is 0. The standard InChI is InChI=1S/C26H39N7O.C25H29N7O.C8H12O.C4H10.C2H6/c1-2-3-4-5-7-10-21-13-15-22(16-14-21)25(34)28-17-18-33-20-24(31-32-33)12-9-6-8-11-23-19-29-26(27)30-23;26-25-28-17-22(29-25)9-5-2-6-10-23-18-32(31-30-23)16-15-27-24(33)21-13-11-20(12-14-21)19-7-3-1-4-8-19;1-4-5-6-7(2)8(3)9;1-3-4-2;1-2/h13-16,19-20H,2-12,17-18H2,1H3,(H,28,34)(H3,27,29,30);1,3-4,7-8,11-14,17-18H,2,5-6,9-10,15-16H2,(H,27,33)(H3,26,28,29);4-6H,1-3H3;3-4H2,1-2H3;1-2H3/b;;5-4+,7-6+;;. The fourth-order valence-corrected chi connectivity index (χ4v) is 8.06. The lowest BCUT2D eigenvalue weighted by atomic mass is 10.0. The van der Waals surface area contributed by atoms with Crippen molar-refractivity contribution in [1.82, 2.24) is 60.6 Å². The van der Waals surface area contributed by atoms with Crippen LogP contribution in [-0.4, -0.2) is 80.6 Å². The van der Waals surface area contributed by atoms with Crippen LogP contribution in [0.2, 0.25) is 0 Å². The van der Waals surface area contributed by atoms with Crippen molar-refractivity contribution < 1.29 is 14.4 Å². The van der Waals surface area contributed by atoms with E-state index in [0.29, 0.717) is 49.2 Å². The van der Waals surface area contributed by atoms with Gasteiger partial charge in [0.2, 0.25) is 0 Å². The Morgan fingerprint density at radius 2 is 0.988 bits per heavy atom. The van der Waals surface area contributed by atoms with Crippen molar-refractivity contribution in [1.29, 1.82) is 0 Å². The Hall–Kier alpha value is -7.95. The van der Waals surface area contributed by atoms with Gasteiger partial charge in [-0.2, -0.15) is 0 Å². The Morgan fingerprint density at radius 3 is 1.43 bits per heavy atom. The highest BCUT2D eigenvalue weighted by Gasteiger charge is 2.09. The molecule has 0 spiro atoms. The first-order chi connectivity index (χ1) is 39.9. The average molecular weight is 1120 g/mol. The number of hydrogen-bond donors (Lipinski definition) is 6. The number of imidazole rings is 2. The minimum Gasteiger partial charge on any atom is -0.369 e. The quantitative estimate of drug-likeness (QED) is 0.0140. The van der Waals surface area contributed by atoms with E-state index in [4.69, 9.17) is 11.5 Å². The molecule has 2 amide bonds. The molecule has 8 N–H and O–H groups in total. The summed E-state index contributed by atoms with van der Waals surface area (Å²) >= 11 is 0. The first-order valence-electron chi connectivity index (χ1n) is 29.9. The van der Waals surface area contributed by atoms with Gasteiger partial charge in [0, 0.05) is 48.0 Å². The van der Waals surface area contributed by atoms with Crippen LogP contribution >= 0.6 is 0 Å². The molecule has 0 aliphatic rings. The third kappa shape index (κ3) is 29.0. The molecule has 0 saturated carbocycles. The lowest BCUT2D eigenvalue weighted by Gasteiger charge is -2.06. The molecule has 82 heavy (non-hydrogen) atoms. The summed E-state index contributed by atoms with van der Waals surface area (Å²) in [4.78, 5) is 49.5. The second-order valence-corrected chi connectivity index (χ2v) is 19.9. The first kappa shape index (κ1) is 68.3. The van der Waals surface area contributed by atoms with E-state index in [1.165, 1.54) is 50.5 Å². The number of anilines is 2. The minimum atomic E-state index is -0.0889. The van der Waals surface area contributed by atoms with Gasteiger partial charge < -0.3 is 32.1 Å². The number of benzene rings is 3. The zero-order valence-electron chi connectivity index (χ0n) is 50.6. The predicted molar refractivity (Wildman–Crippen MR) is 335 cm³/mol. The van der Waals surface area contributed by atoms with Crippen LogP contribution in [0.5, 0.6) is 0 Å². The third-order valence-corrected chi connectivity index (χ3v) is 13.1. The van der Waals surface area contributed by atoms with Crippen LogP contribution in [0.3, 0.4) is 0 Å². The highest BCUT2D eigenvalue weighted by atomic mass is 16.2. The van der Waals surface area contributed by atoms with Crippen molar-refractivity contribution in [2.45, 2.75) is 184 Å². The van der Waals surface area contributed by atoms with Crippen LogP contribution in [0.15, 0.2) is 127 Å². The smallest absolute Gasteiger partial charge is 0.251 e. The van der Waals surface area contributed by atoms with Crippen molar-refractivity contribution in [2.75, 3.05) is 24.6 Å². The third-order valence-electron chi connectivity index (χ3n) is 13.1. The highest BCUT2D eigenvalue weighted by Crippen LogP contribution is 2.19. The van der Waals surface area contributed by atoms with E-state index in [1.807, 2.05) is 113 Å². The summed E-state index contributed by atoms with van der Waals surface area (Å²) in [6.45, 7) is 18.1. The van der Waals surface area contributed by atoms with E-state index in [0.717, 1.165) is 110 Å². The molecule has 0 saturated heterocycles. The number of aromatic nitrogens is 10. The fraction of sp³-hybridized carbons (Fsp3) is 0.462. The normalized spacial score (nSPS) is 10.8. The Labute approximate surface area is 489 Å². The summed E-state index contributed by atoms with van der Waals surface area (Å²) < 4.78 is 3.58. The van der Waals surface area contributed by atoms with Crippen LogP contribution in [0, 0.1) is 0 Å². The van der Waals surface area contributed by atoms with Gasteiger partial charge in [0.1, 0.15) is 0 Å². The second-order valence-electron chi connectivity index (χ2n) is 19.9. The van der Waals surface area contributed by atoms with Gasteiger partial charge in [-0.1, -0.05) is 169 Å². The second kappa shape index (κ2) is 42.0. The van der Waals surface area contributed by atoms with E-state index in [9.17, 15) is 14.4 Å². The average Bonchev–Trinajstić information content (AvgIpc) is 4.42. The summed E-state index contributed by atoms with van der Waals surface area (Å²) in [6, 6.07) is 25.7. The Bertz CT molecular complexity index is 2840.